The fraction of sp³-hybridized carbons (Fsp3) is 0.615. The zero-order chi connectivity index (χ0) is 12.7. The van der Waals surface area contributed by atoms with Gasteiger partial charge in [0.2, 0.25) is 0 Å². The molecule has 2 aliphatic heterocycles. The number of hydrogen-bond acceptors (Lipinski definition) is 4. The predicted octanol–water partition coefficient (Wildman–Crippen LogP) is 1.51. The molecular formula is C13H17N3O2. The number of rotatable bonds is 2. The van der Waals surface area contributed by atoms with Gasteiger partial charge in [-0.05, 0) is 32.7 Å². The van der Waals surface area contributed by atoms with Crippen molar-refractivity contribution in [3.63, 3.8) is 0 Å². The van der Waals surface area contributed by atoms with Gasteiger partial charge in [-0.3, -0.25) is 0 Å². The fourth-order valence-corrected chi connectivity index (χ4v) is 3.28. The third-order valence-electron chi connectivity index (χ3n) is 4.38. The van der Waals surface area contributed by atoms with Crippen molar-refractivity contribution < 1.29 is 9.90 Å². The molecule has 0 amide bonds. The molecule has 0 aliphatic carbocycles. The molecular weight excluding hydrogens is 230 g/mol. The standard InChI is InChI=1S/C13H17N3O2/c1-16-10-2-3-11(16)5-8(4-10)12-14-6-9(7-15-12)13(17)18/h6-8,10-11H,2-5H2,1H3,(H,17,18). The van der Waals surface area contributed by atoms with Gasteiger partial charge in [0.05, 0.1) is 5.56 Å². The summed E-state index contributed by atoms with van der Waals surface area (Å²) >= 11 is 0. The molecule has 3 heterocycles. The Morgan fingerprint density at radius 3 is 2.33 bits per heavy atom. The van der Waals surface area contributed by atoms with E-state index in [2.05, 4.69) is 21.9 Å². The van der Waals surface area contributed by atoms with Crippen LogP contribution < -0.4 is 0 Å². The third kappa shape index (κ3) is 1.88. The van der Waals surface area contributed by atoms with Gasteiger partial charge in [-0.15, -0.1) is 0 Å². The predicted molar refractivity (Wildman–Crippen MR) is 65.5 cm³/mol. The van der Waals surface area contributed by atoms with Crippen LogP contribution in [0.4, 0.5) is 0 Å². The first-order valence-corrected chi connectivity index (χ1v) is 6.42. The Hall–Kier alpha value is -1.49. The van der Waals surface area contributed by atoms with Crippen molar-refractivity contribution in [2.24, 2.45) is 0 Å². The molecule has 1 aromatic heterocycles. The van der Waals surface area contributed by atoms with Gasteiger partial charge < -0.3 is 10.0 Å². The molecule has 0 saturated carbocycles. The lowest BCUT2D eigenvalue weighted by atomic mass is 9.90. The fourth-order valence-electron chi connectivity index (χ4n) is 3.28. The van der Waals surface area contributed by atoms with E-state index in [0.29, 0.717) is 18.0 Å². The highest BCUT2D eigenvalue weighted by Crippen LogP contribution is 2.40. The van der Waals surface area contributed by atoms with E-state index >= 15 is 0 Å². The molecule has 0 spiro atoms. The first kappa shape index (κ1) is 11.6. The van der Waals surface area contributed by atoms with Crippen molar-refractivity contribution in [2.75, 3.05) is 7.05 Å². The summed E-state index contributed by atoms with van der Waals surface area (Å²) in [5.74, 6) is 0.233. The molecule has 0 radical (unpaired) electrons. The van der Waals surface area contributed by atoms with Gasteiger partial charge in [0.25, 0.3) is 0 Å². The zero-order valence-electron chi connectivity index (χ0n) is 10.4. The Labute approximate surface area is 106 Å². The van der Waals surface area contributed by atoms with Gasteiger partial charge in [0, 0.05) is 30.4 Å². The number of nitrogens with zero attached hydrogens (tertiary/aromatic N) is 3. The van der Waals surface area contributed by atoms with Crippen LogP contribution >= 0.6 is 0 Å². The molecule has 2 bridgehead atoms. The van der Waals surface area contributed by atoms with Crippen LogP contribution in [0.1, 0.15) is 47.8 Å². The number of carboxylic acids is 1. The van der Waals surface area contributed by atoms with E-state index in [9.17, 15) is 4.79 Å². The Kier molecular flexibility index (Phi) is 2.78. The second-order valence-electron chi connectivity index (χ2n) is 5.35. The zero-order valence-corrected chi connectivity index (χ0v) is 10.4. The lowest BCUT2D eigenvalue weighted by Crippen LogP contribution is -2.39. The summed E-state index contributed by atoms with van der Waals surface area (Å²) in [5.41, 5.74) is 0.162. The highest BCUT2D eigenvalue weighted by molar-refractivity contribution is 5.86. The van der Waals surface area contributed by atoms with Crippen molar-refractivity contribution in [3.05, 3.63) is 23.8 Å². The first-order valence-electron chi connectivity index (χ1n) is 6.42. The Balaban J connectivity index is 1.78. The first-order chi connectivity index (χ1) is 8.65. The largest absolute Gasteiger partial charge is 0.478 e. The summed E-state index contributed by atoms with van der Waals surface area (Å²) < 4.78 is 0. The number of piperidine rings is 1. The molecule has 18 heavy (non-hydrogen) atoms. The van der Waals surface area contributed by atoms with E-state index in [1.165, 1.54) is 25.2 Å². The van der Waals surface area contributed by atoms with Crippen molar-refractivity contribution in [1.82, 2.24) is 14.9 Å². The lowest BCUT2D eigenvalue weighted by Gasteiger charge is -2.35. The average Bonchev–Trinajstić information content (AvgIpc) is 2.62. The van der Waals surface area contributed by atoms with E-state index < -0.39 is 5.97 Å². The highest BCUT2D eigenvalue weighted by atomic mass is 16.4. The van der Waals surface area contributed by atoms with Crippen LogP contribution in [0.15, 0.2) is 12.4 Å². The smallest absolute Gasteiger partial charge is 0.338 e. The summed E-state index contributed by atoms with van der Waals surface area (Å²) in [6.07, 6.45) is 7.57. The van der Waals surface area contributed by atoms with Gasteiger partial charge in [0.1, 0.15) is 5.82 Å². The number of carboxylic acid groups (broad SMARTS) is 1. The Morgan fingerprint density at radius 2 is 1.83 bits per heavy atom. The SMILES string of the molecule is CN1C2CCC1CC(c1ncc(C(=O)O)cn1)C2. The summed E-state index contributed by atoms with van der Waals surface area (Å²) in [6.45, 7) is 0. The van der Waals surface area contributed by atoms with Gasteiger partial charge in [-0.1, -0.05) is 0 Å². The average molecular weight is 247 g/mol. The van der Waals surface area contributed by atoms with E-state index in [-0.39, 0.29) is 5.56 Å². The maximum absolute atomic E-state index is 10.8. The number of hydrogen-bond donors (Lipinski definition) is 1. The van der Waals surface area contributed by atoms with E-state index in [1.807, 2.05) is 0 Å². The maximum atomic E-state index is 10.8. The minimum absolute atomic E-state index is 0.162. The van der Waals surface area contributed by atoms with Crippen LogP contribution in [0.25, 0.3) is 0 Å². The summed E-state index contributed by atoms with van der Waals surface area (Å²) in [5, 5.41) is 8.83. The number of aromatic carboxylic acids is 1. The van der Waals surface area contributed by atoms with Crippen molar-refractivity contribution in [2.45, 2.75) is 43.7 Å². The van der Waals surface area contributed by atoms with Crippen LogP contribution in [0.2, 0.25) is 0 Å². The molecule has 1 N–H and O–H groups in total. The lowest BCUT2D eigenvalue weighted by molar-refractivity contribution is 0.0695. The van der Waals surface area contributed by atoms with Crippen LogP contribution in [0, 0.1) is 0 Å². The van der Waals surface area contributed by atoms with Gasteiger partial charge in [-0.25, -0.2) is 14.8 Å². The Morgan fingerprint density at radius 1 is 1.28 bits per heavy atom. The maximum Gasteiger partial charge on any atom is 0.338 e. The minimum Gasteiger partial charge on any atom is -0.478 e. The van der Waals surface area contributed by atoms with E-state index in [4.69, 9.17) is 5.11 Å². The quantitative estimate of drug-likeness (QED) is 0.858. The molecule has 96 valence electrons. The van der Waals surface area contributed by atoms with Gasteiger partial charge in [-0.2, -0.15) is 0 Å². The topological polar surface area (TPSA) is 66.3 Å². The molecule has 2 fully saturated rings. The molecule has 2 atom stereocenters. The molecule has 5 nitrogen and oxygen atoms in total. The number of aromatic nitrogens is 2. The van der Waals surface area contributed by atoms with Crippen LogP contribution in [0.3, 0.4) is 0 Å². The van der Waals surface area contributed by atoms with Crippen molar-refractivity contribution in [3.8, 4) is 0 Å². The molecule has 1 aromatic rings. The number of carbonyl (C=O) groups is 1. The second-order valence-corrected chi connectivity index (χ2v) is 5.35. The molecule has 2 aliphatic rings. The van der Waals surface area contributed by atoms with Crippen LogP contribution in [-0.2, 0) is 0 Å². The summed E-state index contributed by atoms with van der Waals surface area (Å²) in [4.78, 5) is 21.7. The second kappa shape index (κ2) is 4.31. The molecule has 0 aromatic carbocycles. The molecule has 3 rings (SSSR count). The number of fused-ring (bicyclic) bond motifs is 2. The summed E-state index contributed by atoms with van der Waals surface area (Å²) in [6, 6.07) is 1.30. The normalized spacial score (nSPS) is 31.5. The van der Waals surface area contributed by atoms with Gasteiger partial charge in [0.15, 0.2) is 0 Å². The monoisotopic (exact) mass is 247 g/mol. The minimum atomic E-state index is -0.968. The van der Waals surface area contributed by atoms with Crippen LogP contribution in [-0.4, -0.2) is 45.1 Å². The van der Waals surface area contributed by atoms with E-state index in [1.54, 1.807) is 0 Å². The third-order valence-corrected chi connectivity index (χ3v) is 4.38. The molecule has 2 saturated heterocycles. The van der Waals surface area contributed by atoms with Crippen molar-refractivity contribution in [1.29, 1.82) is 0 Å². The Bertz CT molecular complexity index is 446. The highest BCUT2D eigenvalue weighted by Gasteiger charge is 2.39. The summed E-state index contributed by atoms with van der Waals surface area (Å²) in [7, 11) is 2.20. The van der Waals surface area contributed by atoms with Gasteiger partial charge >= 0.3 is 5.97 Å². The van der Waals surface area contributed by atoms with E-state index in [0.717, 1.165) is 18.7 Å². The van der Waals surface area contributed by atoms with Crippen LogP contribution in [0.5, 0.6) is 0 Å². The molecule has 5 heteroatoms. The molecule has 2 unspecified atom stereocenters. The van der Waals surface area contributed by atoms with Crippen molar-refractivity contribution >= 4 is 5.97 Å².